The molecule has 2 amide bonds. The molecular formula is C12H14IN3O3. The smallest absolute Gasteiger partial charge is 0.321 e. The number of aromatic nitrogens is 1. The predicted octanol–water partition coefficient (Wildman–Crippen LogP) is 2.01. The van der Waals surface area contributed by atoms with Crippen LogP contribution in [0.15, 0.2) is 18.5 Å². The zero-order valence-corrected chi connectivity index (χ0v) is 12.3. The van der Waals surface area contributed by atoms with E-state index in [-0.39, 0.29) is 12.6 Å². The number of aliphatic carboxylic acids is 1. The summed E-state index contributed by atoms with van der Waals surface area (Å²) in [6, 6.07) is 1.47. The van der Waals surface area contributed by atoms with E-state index >= 15 is 0 Å². The van der Waals surface area contributed by atoms with Crippen molar-refractivity contribution in [1.82, 2.24) is 9.88 Å². The number of likely N-dealkylation sites (tertiary alicyclic amines) is 1. The monoisotopic (exact) mass is 375 g/mol. The number of hydrogen-bond acceptors (Lipinski definition) is 3. The molecule has 2 N–H and O–H groups in total. The van der Waals surface area contributed by atoms with Crippen molar-refractivity contribution < 1.29 is 14.7 Å². The van der Waals surface area contributed by atoms with E-state index in [0.717, 1.165) is 9.99 Å². The number of piperidine rings is 1. The minimum absolute atomic E-state index is 0.255. The van der Waals surface area contributed by atoms with Gasteiger partial charge in [-0.15, -0.1) is 0 Å². The number of nitrogens with one attached hydrogen (secondary N) is 1. The molecule has 2 rings (SSSR count). The number of hydrogen-bond donors (Lipinski definition) is 2. The molecule has 0 saturated carbocycles. The van der Waals surface area contributed by atoms with Crippen LogP contribution in [0.1, 0.15) is 12.8 Å². The molecule has 0 aromatic carbocycles. The summed E-state index contributed by atoms with van der Waals surface area (Å²) < 4.78 is 0.847. The van der Waals surface area contributed by atoms with Gasteiger partial charge in [0.2, 0.25) is 0 Å². The summed E-state index contributed by atoms with van der Waals surface area (Å²) in [7, 11) is 0. The van der Waals surface area contributed by atoms with Crippen molar-refractivity contribution in [1.29, 1.82) is 0 Å². The molecular weight excluding hydrogens is 361 g/mol. The van der Waals surface area contributed by atoms with Crippen LogP contribution < -0.4 is 5.32 Å². The van der Waals surface area contributed by atoms with Crippen LogP contribution in [0.25, 0.3) is 0 Å². The van der Waals surface area contributed by atoms with Gasteiger partial charge in [-0.25, -0.2) is 4.79 Å². The molecule has 0 bridgehead atoms. The highest BCUT2D eigenvalue weighted by molar-refractivity contribution is 14.1. The first kappa shape index (κ1) is 14.0. The Balaban J connectivity index is 2.00. The van der Waals surface area contributed by atoms with E-state index in [1.807, 2.05) is 0 Å². The van der Waals surface area contributed by atoms with Gasteiger partial charge in [-0.05, 0) is 41.5 Å². The number of urea groups is 1. The second kappa shape index (κ2) is 6.18. The fourth-order valence-corrected chi connectivity index (χ4v) is 2.51. The Kier molecular flexibility index (Phi) is 4.56. The van der Waals surface area contributed by atoms with Gasteiger partial charge in [0.25, 0.3) is 0 Å². The molecule has 1 atom stereocenters. The molecule has 6 nitrogen and oxygen atoms in total. The first-order chi connectivity index (χ1) is 9.08. The van der Waals surface area contributed by atoms with Crippen molar-refractivity contribution in [2.24, 2.45) is 5.92 Å². The topological polar surface area (TPSA) is 82.5 Å². The van der Waals surface area contributed by atoms with Gasteiger partial charge in [0, 0.05) is 25.5 Å². The van der Waals surface area contributed by atoms with Crippen LogP contribution in [0.5, 0.6) is 0 Å². The maximum absolute atomic E-state index is 12.1. The van der Waals surface area contributed by atoms with Gasteiger partial charge < -0.3 is 15.3 Å². The van der Waals surface area contributed by atoms with E-state index in [9.17, 15) is 9.59 Å². The van der Waals surface area contributed by atoms with Crippen molar-refractivity contribution in [2.45, 2.75) is 12.8 Å². The van der Waals surface area contributed by atoms with Crippen LogP contribution in [0, 0.1) is 9.49 Å². The number of rotatable bonds is 2. The Bertz CT molecular complexity index is 495. The molecule has 19 heavy (non-hydrogen) atoms. The standard InChI is InChI=1S/C12H14IN3O3/c13-9-6-14-4-3-10(9)15-12(19)16-5-1-2-8(7-16)11(17)18/h3-4,6,8H,1-2,5,7H2,(H,17,18)(H,14,15,19). The summed E-state index contributed by atoms with van der Waals surface area (Å²) in [6.45, 7) is 0.861. The maximum Gasteiger partial charge on any atom is 0.321 e. The molecule has 1 aromatic heterocycles. The summed E-state index contributed by atoms with van der Waals surface area (Å²) in [5.74, 6) is -1.30. The number of anilines is 1. The number of carbonyl (C=O) groups is 2. The average Bonchev–Trinajstić information content (AvgIpc) is 2.41. The molecule has 1 aromatic rings. The molecule has 1 aliphatic heterocycles. The van der Waals surface area contributed by atoms with Crippen molar-refractivity contribution in [3.05, 3.63) is 22.0 Å². The normalized spacial score (nSPS) is 19.0. The Morgan fingerprint density at radius 2 is 2.32 bits per heavy atom. The fraction of sp³-hybridized carbons (Fsp3) is 0.417. The van der Waals surface area contributed by atoms with Crippen molar-refractivity contribution in [3.63, 3.8) is 0 Å². The van der Waals surface area contributed by atoms with Gasteiger partial charge in [0.1, 0.15) is 0 Å². The second-order valence-electron chi connectivity index (χ2n) is 4.41. The molecule has 0 aliphatic carbocycles. The third-order valence-electron chi connectivity index (χ3n) is 3.07. The molecule has 1 fully saturated rings. The quantitative estimate of drug-likeness (QED) is 0.775. The number of carboxylic acids is 1. The Morgan fingerprint density at radius 1 is 1.53 bits per heavy atom. The third-order valence-corrected chi connectivity index (χ3v) is 3.93. The minimum atomic E-state index is -0.837. The van der Waals surface area contributed by atoms with E-state index in [2.05, 4.69) is 32.9 Å². The largest absolute Gasteiger partial charge is 0.481 e. The first-order valence-corrected chi connectivity index (χ1v) is 7.04. The number of carbonyl (C=O) groups excluding carboxylic acids is 1. The lowest BCUT2D eigenvalue weighted by atomic mass is 9.99. The van der Waals surface area contributed by atoms with Gasteiger partial charge in [-0.2, -0.15) is 0 Å². The number of amides is 2. The summed E-state index contributed by atoms with van der Waals surface area (Å²) in [5.41, 5.74) is 0.693. The van der Waals surface area contributed by atoms with E-state index < -0.39 is 11.9 Å². The predicted molar refractivity (Wildman–Crippen MR) is 77.9 cm³/mol. The Labute approximate surface area is 124 Å². The van der Waals surface area contributed by atoms with Crippen molar-refractivity contribution in [3.8, 4) is 0 Å². The summed E-state index contributed by atoms with van der Waals surface area (Å²) >= 11 is 2.09. The SMILES string of the molecule is O=C(O)C1CCCN(C(=O)Nc2ccncc2I)C1. The van der Waals surface area contributed by atoms with E-state index in [4.69, 9.17) is 5.11 Å². The first-order valence-electron chi connectivity index (χ1n) is 5.96. The molecule has 0 radical (unpaired) electrons. The lowest BCUT2D eigenvalue weighted by Gasteiger charge is -2.30. The number of carboxylic acid groups (broad SMARTS) is 1. The zero-order valence-electron chi connectivity index (χ0n) is 10.2. The van der Waals surface area contributed by atoms with Gasteiger partial charge in [-0.3, -0.25) is 9.78 Å². The highest BCUT2D eigenvalue weighted by Gasteiger charge is 2.28. The van der Waals surface area contributed by atoms with Crippen molar-refractivity contribution in [2.75, 3.05) is 18.4 Å². The molecule has 1 aliphatic rings. The summed E-state index contributed by atoms with van der Waals surface area (Å²) in [4.78, 5) is 28.6. The average molecular weight is 375 g/mol. The highest BCUT2D eigenvalue weighted by Crippen LogP contribution is 2.20. The molecule has 7 heteroatoms. The van der Waals surface area contributed by atoms with Crippen LogP contribution in [0.4, 0.5) is 10.5 Å². The van der Waals surface area contributed by atoms with Crippen LogP contribution in [-0.4, -0.2) is 40.1 Å². The van der Waals surface area contributed by atoms with Gasteiger partial charge >= 0.3 is 12.0 Å². The highest BCUT2D eigenvalue weighted by atomic mass is 127. The minimum Gasteiger partial charge on any atom is -0.481 e. The fourth-order valence-electron chi connectivity index (χ4n) is 2.03. The molecule has 2 heterocycles. The van der Waals surface area contributed by atoms with E-state index in [0.29, 0.717) is 18.7 Å². The third kappa shape index (κ3) is 3.55. The molecule has 0 spiro atoms. The van der Waals surface area contributed by atoms with Crippen LogP contribution in [0.3, 0.4) is 0 Å². The zero-order chi connectivity index (χ0) is 13.8. The molecule has 102 valence electrons. The number of halogens is 1. The molecule has 1 unspecified atom stereocenters. The molecule has 1 saturated heterocycles. The number of nitrogens with zero attached hydrogens (tertiary/aromatic N) is 2. The van der Waals surface area contributed by atoms with Gasteiger partial charge in [-0.1, -0.05) is 0 Å². The maximum atomic E-state index is 12.1. The van der Waals surface area contributed by atoms with Gasteiger partial charge in [0.15, 0.2) is 0 Å². The van der Waals surface area contributed by atoms with E-state index in [1.165, 1.54) is 0 Å². The Hall–Kier alpha value is -1.38. The van der Waals surface area contributed by atoms with Crippen LogP contribution in [0.2, 0.25) is 0 Å². The summed E-state index contributed by atoms with van der Waals surface area (Å²) in [5, 5.41) is 11.8. The van der Waals surface area contributed by atoms with Crippen LogP contribution >= 0.6 is 22.6 Å². The van der Waals surface area contributed by atoms with Crippen LogP contribution in [-0.2, 0) is 4.79 Å². The van der Waals surface area contributed by atoms with E-state index in [1.54, 1.807) is 23.4 Å². The van der Waals surface area contributed by atoms with Crippen molar-refractivity contribution >= 4 is 40.3 Å². The lowest BCUT2D eigenvalue weighted by Crippen LogP contribution is -2.44. The second-order valence-corrected chi connectivity index (χ2v) is 5.57. The Morgan fingerprint density at radius 3 is 3.00 bits per heavy atom. The number of pyridine rings is 1. The summed E-state index contributed by atoms with van der Waals surface area (Å²) in [6.07, 6.45) is 4.62. The lowest BCUT2D eigenvalue weighted by molar-refractivity contribution is -0.143. The van der Waals surface area contributed by atoms with Gasteiger partial charge in [0.05, 0.1) is 15.2 Å².